The van der Waals surface area contributed by atoms with Crippen molar-refractivity contribution in [3.63, 3.8) is 0 Å². The van der Waals surface area contributed by atoms with Crippen LogP contribution in [0.5, 0.6) is 0 Å². The van der Waals surface area contributed by atoms with Gasteiger partial charge in [0.25, 0.3) is 5.91 Å². The van der Waals surface area contributed by atoms with E-state index in [1.807, 2.05) is 28.9 Å². The maximum Gasteiger partial charge on any atom is 0.490 e. The molecule has 0 aliphatic carbocycles. The van der Waals surface area contributed by atoms with Crippen LogP contribution < -0.4 is 0 Å². The Kier molecular flexibility index (Phi) is 8.07. The Morgan fingerprint density at radius 2 is 1.94 bits per heavy atom. The molecule has 0 saturated carbocycles. The maximum absolute atomic E-state index is 12.9. The number of pyridine rings is 1. The van der Waals surface area contributed by atoms with Crippen LogP contribution >= 0.6 is 0 Å². The molecule has 0 aromatic carbocycles. The summed E-state index contributed by atoms with van der Waals surface area (Å²) in [6, 6.07) is 4.07. The predicted octanol–water partition coefficient (Wildman–Crippen LogP) is 2.02. The van der Waals surface area contributed by atoms with Gasteiger partial charge in [-0.1, -0.05) is 6.92 Å². The molecule has 2 aromatic rings. The second kappa shape index (κ2) is 10.8. The summed E-state index contributed by atoms with van der Waals surface area (Å²) in [5, 5.41) is 11.3. The third kappa shape index (κ3) is 6.34. The first-order valence-corrected chi connectivity index (χ1v) is 11.2. The SMILES string of the molecule is CCc1ccc(C(=O)N2CC[C@H]3[C@H](C[C@@H](Cn4cncn4)N3C(C)=O)C2)cn1.O=C(O)C(F)(F)F. The number of aromatic nitrogens is 4. The van der Waals surface area contributed by atoms with Gasteiger partial charge in [0, 0.05) is 37.9 Å². The molecule has 2 aromatic heterocycles. The molecule has 0 radical (unpaired) electrons. The van der Waals surface area contributed by atoms with Crippen LogP contribution in [0.3, 0.4) is 0 Å². The van der Waals surface area contributed by atoms with Crippen molar-refractivity contribution in [2.24, 2.45) is 5.92 Å². The average molecular weight is 496 g/mol. The number of halogens is 3. The molecule has 0 spiro atoms. The van der Waals surface area contributed by atoms with E-state index in [2.05, 4.69) is 15.1 Å². The van der Waals surface area contributed by atoms with Gasteiger partial charge in [0.2, 0.25) is 5.91 Å². The second-order valence-electron chi connectivity index (χ2n) is 8.50. The Labute approximate surface area is 199 Å². The van der Waals surface area contributed by atoms with E-state index in [4.69, 9.17) is 9.90 Å². The largest absolute Gasteiger partial charge is 0.490 e. The van der Waals surface area contributed by atoms with Crippen molar-refractivity contribution in [3.05, 3.63) is 42.2 Å². The molecular formula is C22H27F3N6O4. The molecule has 190 valence electrons. The minimum Gasteiger partial charge on any atom is -0.475 e. The molecule has 2 aliphatic rings. The van der Waals surface area contributed by atoms with Crippen molar-refractivity contribution in [2.75, 3.05) is 13.1 Å². The Balaban J connectivity index is 0.000000429. The Bertz CT molecular complexity index is 1030. The number of alkyl halides is 3. The summed E-state index contributed by atoms with van der Waals surface area (Å²) in [6.45, 7) is 5.66. The fourth-order valence-electron chi connectivity index (χ4n) is 4.67. The van der Waals surface area contributed by atoms with E-state index in [0.29, 0.717) is 25.2 Å². The number of amides is 2. The molecule has 1 N–H and O–H groups in total. The quantitative estimate of drug-likeness (QED) is 0.687. The lowest BCUT2D eigenvalue weighted by molar-refractivity contribution is -0.192. The number of rotatable bonds is 4. The highest BCUT2D eigenvalue weighted by Crippen LogP contribution is 2.36. The monoisotopic (exact) mass is 496 g/mol. The molecule has 3 atom stereocenters. The van der Waals surface area contributed by atoms with Crippen molar-refractivity contribution >= 4 is 17.8 Å². The van der Waals surface area contributed by atoms with Gasteiger partial charge in [-0.2, -0.15) is 18.3 Å². The first kappa shape index (κ1) is 26.1. The molecule has 4 heterocycles. The van der Waals surface area contributed by atoms with Crippen molar-refractivity contribution in [1.82, 2.24) is 29.5 Å². The van der Waals surface area contributed by atoms with Gasteiger partial charge >= 0.3 is 12.1 Å². The van der Waals surface area contributed by atoms with Gasteiger partial charge in [-0.15, -0.1) is 0 Å². The predicted molar refractivity (Wildman–Crippen MR) is 116 cm³/mol. The Morgan fingerprint density at radius 3 is 2.46 bits per heavy atom. The summed E-state index contributed by atoms with van der Waals surface area (Å²) < 4.78 is 33.5. The number of likely N-dealkylation sites (tertiary alicyclic amines) is 2. The van der Waals surface area contributed by atoms with E-state index in [-0.39, 0.29) is 29.8 Å². The van der Waals surface area contributed by atoms with Crippen LogP contribution in [0.2, 0.25) is 0 Å². The van der Waals surface area contributed by atoms with Crippen LogP contribution in [0, 0.1) is 5.92 Å². The van der Waals surface area contributed by atoms with Gasteiger partial charge in [-0.05, 0) is 37.3 Å². The lowest BCUT2D eigenvalue weighted by Crippen LogP contribution is -2.50. The van der Waals surface area contributed by atoms with Gasteiger partial charge in [-0.3, -0.25) is 19.3 Å². The van der Waals surface area contributed by atoms with Crippen molar-refractivity contribution in [1.29, 1.82) is 0 Å². The van der Waals surface area contributed by atoms with E-state index in [1.165, 1.54) is 6.33 Å². The highest BCUT2D eigenvalue weighted by molar-refractivity contribution is 5.94. The molecule has 13 heteroatoms. The molecule has 2 aliphatic heterocycles. The number of carbonyl (C=O) groups excluding carboxylic acids is 2. The van der Waals surface area contributed by atoms with Crippen molar-refractivity contribution in [2.45, 2.75) is 57.9 Å². The fourth-order valence-corrected chi connectivity index (χ4v) is 4.67. The molecule has 0 bridgehead atoms. The molecule has 2 saturated heterocycles. The highest BCUT2D eigenvalue weighted by atomic mass is 19.4. The molecule has 2 amide bonds. The summed E-state index contributed by atoms with van der Waals surface area (Å²) >= 11 is 0. The number of piperidine rings is 1. The van der Waals surface area contributed by atoms with Gasteiger partial charge in [0.05, 0.1) is 18.2 Å². The fraction of sp³-hybridized carbons (Fsp3) is 0.545. The minimum absolute atomic E-state index is 0.0303. The Hall–Kier alpha value is -3.51. The summed E-state index contributed by atoms with van der Waals surface area (Å²) in [7, 11) is 0. The second-order valence-corrected chi connectivity index (χ2v) is 8.50. The lowest BCUT2D eigenvalue weighted by Gasteiger charge is -2.38. The van der Waals surface area contributed by atoms with Crippen LogP contribution in [-0.4, -0.2) is 83.8 Å². The average Bonchev–Trinajstić information content (AvgIpc) is 3.45. The Morgan fingerprint density at radius 1 is 1.23 bits per heavy atom. The zero-order valence-electron chi connectivity index (χ0n) is 19.4. The van der Waals surface area contributed by atoms with Gasteiger partial charge in [0.15, 0.2) is 0 Å². The number of aryl methyl sites for hydroxylation is 1. The number of aliphatic carboxylic acids is 1. The maximum atomic E-state index is 12.9. The first-order chi connectivity index (χ1) is 16.5. The zero-order chi connectivity index (χ0) is 25.8. The standard InChI is InChI=1S/C20H26N6O2.C2HF3O2/c1-3-17-5-4-15(9-22-17)20(28)24-7-6-19-16(10-24)8-18(26(19)14(2)27)11-25-13-21-12-23-25;3-2(4,5)1(6)7/h4-5,9,12-13,16,18-19H,3,6-8,10-11H2,1-2H3;(H,6,7)/t16-,18+,19+;/m1./s1. The lowest BCUT2D eigenvalue weighted by atomic mass is 9.91. The minimum atomic E-state index is -5.08. The molecule has 10 nitrogen and oxygen atoms in total. The van der Waals surface area contributed by atoms with E-state index < -0.39 is 12.1 Å². The van der Waals surface area contributed by atoms with Crippen LogP contribution in [0.4, 0.5) is 13.2 Å². The zero-order valence-corrected chi connectivity index (χ0v) is 19.4. The van der Waals surface area contributed by atoms with E-state index in [0.717, 1.165) is 25.0 Å². The first-order valence-electron chi connectivity index (χ1n) is 11.2. The van der Waals surface area contributed by atoms with Crippen LogP contribution in [0.15, 0.2) is 31.0 Å². The van der Waals surface area contributed by atoms with E-state index in [1.54, 1.807) is 24.1 Å². The summed E-state index contributed by atoms with van der Waals surface area (Å²) in [5.74, 6) is -2.34. The number of nitrogens with zero attached hydrogens (tertiary/aromatic N) is 6. The summed E-state index contributed by atoms with van der Waals surface area (Å²) in [5.41, 5.74) is 1.62. The van der Waals surface area contributed by atoms with Crippen LogP contribution in [-0.2, 0) is 22.6 Å². The van der Waals surface area contributed by atoms with Gasteiger partial charge in [0.1, 0.15) is 12.7 Å². The molecular weight excluding hydrogens is 469 g/mol. The van der Waals surface area contributed by atoms with Crippen molar-refractivity contribution < 1.29 is 32.7 Å². The normalized spacial score (nSPS) is 21.7. The smallest absolute Gasteiger partial charge is 0.475 e. The summed E-state index contributed by atoms with van der Waals surface area (Å²) in [6.07, 6.45) is 2.33. The number of hydrogen-bond acceptors (Lipinski definition) is 6. The van der Waals surface area contributed by atoms with E-state index in [9.17, 15) is 22.8 Å². The number of carboxylic acids is 1. The number of hydrogen-bond donors (Lipinski definition) is 1. The third-order valence-electron chi connectivity index (χ3n) is 6.21. The summed E-state index contributed by atoms with van der Waals surface area (Å²) in [4.78, 5) is 46.4. The molecule has 4 rings (SSSR count). The highest BCUT2D eigenvalue weighted by Gasteiger charge is 2.46. The van der Waals surface area contributed by atoms with E-state index >= 15 is 0 Å². The topological polar surface area (TPSA) is 122 Å². The van der Waals surface area contributed by atoms with Crippen molar-refractivity contribution in [3.8, 4) is 0 Å². The third-order valence-corrected chi connectivity index (χ3v) is 6.21. The van der Waals surface area contributed by atoms with Gasteiger partial charge in [-0.25, -0.2) is 9.78 Å². The molecule has 35 heavy (non-hydrogen) atoms. The number of fused-ring (bicyclic) bond motifs is 1. The molecule has 0 unspecified atom stereocenters. The van der Waals surface area contributed by atoms with Crippen LogP contribution in [0.25, 0.3) is 0 Å². The van der Waals surface area contributed by atoms with Gasteiger partial charge < -0.3 is 14.9 Å². The molecule has 2 fully saturated rings. The number of carboxylic acid groups (broad SMARTS) is 1. The van der Waals surface area contributed by atoms with Crippen LogP contribution in [0.1, 0.15) is 42.7 Å². The number of carbonyl (C=O) groups is 3.